The van der Waals surface area contributed by atoms with Crippen LogP contribution in [0.15, 0.2) is 115 Å². The summed E-state index contributed by atoms with van der Waals surface area (Å²) in [6.45, 7) is 6.68. The van der Waals surface area contributed by atoms with Gasteiger partial charge in [0.25, 0.3) is 8.32 Å². The minimum atomic E-state index is -2.90. The number of ether oxygens (including phenoxy) is 2. The number of alkyl carbamates (subject to hydrolysis) is 1. The summed E-state index contributed by atoms with van der Waals surface area (Å²) in [4.78, 5) is 12.9. The quantitative estimate of drug-likeness (QED) is 0.230. The van der Waals surface area contributed by atoms with Crippen LogP contribution in [0.25, 0.3) is 0 Å². The lowest BCUT2D eigenvalue weighted by Gasteiger charge is -2.43. The van der Waals surface area contributed by atoms with Gasteiger partial charge in [0, 0.05) is 0 Å². The van der Waals surface area contributed by atoms with Crippen molar-refractivity contribution in [2.45, 2.75) is 44.6 Å². The van der Waals surface area contributed by atoms with E-state index < -0.39 is 26.6 Å². The maximum atomic E-state index is 12.9. The molecule has 0 radical (unpaired) electrons. The highest BCUT2D eigenvalue weighted by molar-refractivity contribution is 6.99. The fourth-order valence-corrected chi connectivity index (χ4v) is 9.75. The standard InChI is InChI=1S/C34H39NO5Si/c1-34(2,3)41(29-16-10-6-11-17-29,30-18-12-7-13-19-30)40-25-31(36)32(27-20-22-28(38-4)23-21-27)35-33(37)39-24-26-14-8-5-9-15-26/h5-23,31-32,36H,24-25H2,1-4H3,(H,35,37). The number of aliphatic hydroxyl groups is 1. The second-order valence-electron chi connectivity index (χ2n) is 11.0. The highest BCUT2D eigenvalue weighted by Gasteiger charge is 2.50. The fraction of sp³-hybridized carbons (Fsp3) is 0.265. The molecule has 2 N–H and O–H groups in total. The highest BCUT2D eigenvalue weighted by atomic mass is 28.4. The largest absolute Gasteiger partial charge is 0.497 e. The molecule has 4 aromatic carbocycles. The molecule has 0 aromatic heterocycles. The third-order valence-corrected chi connectivity index (χ3v) is 12.2. The van der Waals surface area contributed by atoms with E-state index in [1.807, 2.05) is 78.9 Å². The van der Waals surface area contributed by atoms with Crippen LogP contribution in [0.3, 0.4) is 0 Å². The molecule has 0 heterocycles. The monoisotopic (exact) mass is 569 g/mol. The lowest BCUT2D eigenvalue weighted by atomic mass is 10.0. The molecule has 0 saturated heterocycles. The van der Waals surface area contributed by atoms with Gasteiger partial charge in [-0.05, 0) is 38.7 Å². The van der Waals surface area contributed by atoms with Gasteiger partial charge in [-0.2, -0.15) is 0 Å². The number of carbonyl (C=O) groups excluding carboxylic acids is 1. The number of amides is 1. The van der Waals surface area contributed by atoms with Gasteiger partial charge in [0.2, 0.25) is 0 Å². The van der Waals surface area contributed by atoms with Crippen molar-refractivity contribution in [2.24, 2.45) is 0 Å². The summed E-state index contributed by atoms with van der Waals surface area (Å²) < 4.78 is 17.8. The Labute approximate surface area is 244 Å². The molecule has 4 aromatic rings. The Morgan fingerprint density at radius 3 is 1.80 bits per heavy atom. The van der Waals surface area contributed by atoms with Crippen molar-refractivity contribution in [1.29, 1.82) is 0 Å². The molecule has 0 saturated carbocycles. The van der Waals surface area contributed by atoms with E-state index in [1.54, 1.807) is 19.2 Å². The van der Waals surface area contributed by atoms with Crippen LogP contribution in [-0.2, 0) is 15.8 Å². The first-order valence-corrected chi connectivity index (χ1v) is 15.7. The van der Waals surface area contributed by atoms with Crippen molar-refractivity contribution in [1.82, 2.24) is 5.32 Å². The normalized spacial score (nSPS) is 13.2. The van der Waals surface area contributed by atoms with Gasteiger partial charge in [-0.3, -0.25) is 0 Å². The molecule has 0 aliphatic heterocycles. The Bertz CT molecular complexity index is 1320. The lowest BCUT2D eigenvalue weighted by molar-refractivity contribution is 0.0623. The summed E-state index contributed by atoms with van der Waals surface area (Å²) >= 11 is 0. The van der Waals surface area contributed by atoms with Crippen molar-refractivity contribution < 1.29 is 23.8 Å². The number of benzene rings is 4. The summed E-state index contributed by atoms with van der Waals surface area (Å²) in [6, 6.07) is 36.5. The number of aliphatic hydroxyl groups excluding tert-OH is 1. The third kappa shape index (κ3) is 7.24. The average molecular weight is 570 g/mol. The smallest absolute Gasteiger partial charge is 0.408 e. The van der Waals surface area contributed by atoms with Crippen molar-refractivity contribution in [3.63, 3.8) is 0 Å². The average Bonchev–Trinajstić information content (AvgIpc) is 3.00. The van der Waals surface area contributed by atoms with Crippen LogP contribution < -0.4 is 20.4 Å². The van der Waals surface area contributed by atoms with E-state index in [0.29, 0.717) is 11.3 Å². The molecule has 2 atom stereocenters. The first kappa shape index (κ1) is 30.1. The maximum Gasteiger partial charge on any atom is 0.408 e. The van der Waals surface area contributed by atoms with E-state index >= 15 is 0 Å². The van der Waals surface area contributed by atoms with E-state index in [4.69, 9.17) is 13.9 Å². The Morgan fingerprint density at radius 1 is 0.805 bits per heavy atom. The first-order valence-electron chi connectivity index (χ1n) is 13.8. The molecule has 1 amide bonds. The van der Waals surface area contributed by atoms with Crippen molar-refractivity contribution in [3.05, 3.63) is 126 Å². The molecule has 0 aliphatic rings. The van der Waals surface area contributed by atoms with Crippen LogP contribution in [-0.4, -0.2) is 39.3 Å². The second-order valence-corrected chi connectivity index (χ2v) is 15.3. The fourth-order valence-electron chi connectivity index (χ4n) is 5.17. The van der Waals surface area contributed by atoms with Crippen molar-refractivity contribution >= 4 is 24.8 Å². The molecule has 214 valence electrons. The van der Waals surface area contributed by atoms with Crippen LogP contribution in [0.2, 0.25) is 5.04 Å². The molecule has 41 heavy (non-hydrogen) atoms. The van der Waals surface area contributed by atoms with E-state index in [-0.39, 0.29) is 18.3 Å². The number of hydrogen-bond acceptors (Lipinski definition) is 5. The van der Waals surface area contributed by atoms with E-state index in [0.717, 1.165) is 15.9 Å². The van der Waals surface area contributed by atoms with Gasteiger partial charge in [0.05, 0.1) is 19.8 Å². The zero-order valence-electron chi connectivity index (χ0n) is 24.1. The minimum absolute atomic E-state index is 0.00292. The maximum absolute atomic E-state index is 12.9. The number of hydrogen-bond donors (Lipinski definition) is 2. The number of nitrogens with one attached hydrogen (secondary N) is 1. The molecule has 0 aliphatic carbocycles. The predicted molar refractivity (Wildman–Crippen MR) is 165 cm³/mol. The van der Waals surface area contributed by atoms with E-state index in [9.17, 15) is 9.90 Å². The van der Waals surface area contributed by atoms with Crippen molar-refractivity contribution in [2.75, 3.05) is 13.7 Å². The van der Waals surface area contributed by atoms with Crippen LogP contribution in [0.1, 0.15) is 37.9 Å². The van der Waals surface area contributed by atoms with Gasteiger partial charge < -0.3 is 24.3 Å². The molecule has 4 rings (SSSR count). The molecule has 0 fully saturated rings. The molecular weight excluding hydrogens is 530 g/mol. The zero-order chi connectivity index (χ0) is 29.3. The Balaban J connectivity index is 1.62. The van der Waals surface area contributed by atoms with Crippen molar-refractivity contribution in [3.8, 4) is 5.75 Å². The molecule has 2 unspecified atom stereocenters. The van der Waals surface area contributed by atoms with E-state index in [2.05, 4.69) is 50.4 Å². The molecule has 0 bridgehead atoms. The molecule has 7 heteroatoms. The van der Waals surface area contributed by atoms with Crippen LogP contribution in [0.5, 0.6) is 5.75 Å². The van der Waals surface area contributed by atoms with Crippen LogP contribution in [0.4, 0.5) is 4.79 Å². The van der Waals surface area contributed by atoms with Gasteiger partial charge in [0.1, 0.15) is 18.5 Å². The van der Waals surface area contributed by atoms with E-state index in [1.165, 1.54) is 0 Å². The lowest BCUT2D eigenvalue weighted by Crippen LogP contribution is -2.67. The summed E-state index contributed by atoms with van der Waals surface area (Å²) in [5.74, 6) is 0.678. The van der Waals surface area contributed by atoms with Crippen LogP contribution in [0, 0.1) is 0 Å². The SMILES string of the molecule is COc1ccc(C(NC(=O)OCc2ccccc2)C(O)CO[Si](c2ccccc2)(c2ccccc2)C(C)(C)C)cc1. The molecular formula is C34H39NO5Si. The molecule has 6 nitrogen and oxygen atoms in total. The minimum Gasteiger partial charge on any atom is -0.497 e. The van der Waals surface area contributed by atoms with Gasteiger partial charge in [-0.1, -0.05) is 124 Å². The summed E-state index contributed by atoms with van der Waals surface area (Å²) in [6.07, 6.45) is -1.69. The summed E-state index contributed by atoms with van der Waals surface area (Å²) in [5.41, 5.74) is 1.58. The van der Waals surface area contributed by atoms with Gasteiger partial charge >= 0.3 is 6.09 Å². The number of carbonyl (C=O) groups is 1. The third-order valence-electron chi connectivity index (χ3n) is 7.23. The van der Waals surface area contributed by atoms with Gasteiger partial charge in [-0.25, -0.2) is 4.79 Å². The number of rotatable bonds is 11. The number of methoxy groups -OCH3 is 1. The first-order chi connectivity index (χ1) is 19.7. The molecule has 0 spiro atoms. The van der Waals surface area contributed by atoms with Crippen LogP contribution >= 0.6 is 0 Å². The Hall–Kier alpha value is -3.91. The Kier molecular flexibility index (Phi) is 9.99. The van der Waals surface area contributed by atoms with Gasteiger partial charge in [0.15, 0.2) is 0 Å². The summed E-state index contributed by atoms with van der Waals surface area (Å²) in [5, 5.41) is 16.5. The highest BCUT2D eigenvalue weighted by Crippen LogP contribution is 2.37. The Morgan fingerprint density at radius 2 is 1.32 bits per heavy atom. The zero-order valence-corrected chi connectivity index (χ0v) is 25.1. The topological polar surface area (TPSA) is 77.0 Å². The summed E-state index contributed by atoms with van der Waals surface area (Å²) in [7, 11) is -1.30. The predicted octanol–water partition coefficient (Wildman–Crippen LogP) is 5.60. The van der Waals surface area contributed by atoms with Gasteiger partial charge in [-0.15, -0.1) is 0 Å². The second kappa shape index (κ2) is 13.6.